The van der Waals surface area contributed by atoms with Crippen LogP contribution in [0.25, 0.3) is 17.0 Å². The zero-order chi connectivity index (χ0) is 24.5. The molecule has 5 rings (SSSR count). The van der Waals surface area contributed by atoms with Crippen LogP contribution in [0.5, 0.6) is 0 Å². The van der Waals surface area contributed by atoms with E-state index in [4.69, 9.17) is 4.74 Å². The van der Waals surface area contributed by atoms with Crippen molar-refractivity contribution in [1.29, 1.82) is 0 Å². The number of rotatable bonds is 4. The Morgan fingerprint density at radius 1 is 1.03 bits per heavy atom. The second-order valence-electron chi connectivity index (χ2n) is 8.47. The number of aryl methyl sites for hydroxylation is 1. The van der Waals surface area contributed by atoms with Crippen molar-refractivity contribution in [1.82, 2.24) is 14.8 Å². The lowest BCUT2D eigenvalue weighted by molar-refractivity contribution is -0.135. The van der Waals surface area contributed by atoms with Crippen molar-refractivity contribution in [2.45, 2.75) is 13.5 Å². The maximum Gasteiger partial charge on any atom is 0.335 e. The van der Waals surface area contributed by atoms with E-state index in [9.17, 15) is 19.2 Å². The number of aromatic nitrogens is 1. The van der Waals surface area contributed by atoms with Gasteiger partial charge in [-0.25, -0.2) is 9.69 Å². The zero-order valence-electron chi connectivity index (χ0n) is 19.2. The molecule has 0 radical (unpaired) electrons. The Hall–Kier alpha value is -4.24. The molecule has 9 heteroatoms. The van der Waals surface area contributed by atoms with E-state index in [1.54, 1.807) is 42.3 Å². The summed E-state index contributed by atoms with van der Waals surface area (Å²) in [6.07, 6.45) is 3.23. The SMILES string of the molecule is Cc1ccccc1N1C(=O)NC(=O)/C(=C/c2cn(CC(=O)N3CCOCC3)c3ccccc23)C1=O. The number of hydrogen-bond acceptors (Lipinski definition) is 5. The van der Waals surface area contributed by atoms with Gasteiger partial charge < -0.3 is 14.2 Å². The average molecular weight is 473 g/mol. The van der Waals surface area contributed by atoms with E-state index in [-0.39, 0.29) is 18.0 Å². The molecule has 35 heavy (non-hydrogen) atoms. The molecule has 2 aromatic carbocycles. The van der Waals surface area contributed by atoms with Gasteiger partial charge in [-0.3, -0.25) is 19.7 Å². The molecular formula is C26H24N4O5. The molecule has 9 nitrogen and oxygen atoms in total. The van der Waals surface area contributed by atoms with E-state index < -0.39 is 17.8 Å². The third kappa shape index (κ3) is 4.22. The number of barbiturate groups is 1. The first-order valence-corrected chi connectivity index (χ1v) is 11.3. The van der Waals surface area contributed by atoms with Crippen LogP contribution in [0.3, 0.4) is 0 Å². The fraction of sp³-hybridized carbons (Fsp3) is 0.231. The monoisotopic (exact) mass is 472 g/mol. The lowest BCUT2D eigenvalue weighted by Crippen LogP contribution is -2.54. The number of anilines is 1. The molecule has 2 aliphatic heterocycles. The number of carbonyl (C=O) groups is 4. The number of benzene rings is 2. The van der Waals surface area contributed by atoms with Crippen LogP contribution in [0.15, 0.2) is 60.3 Å². The van der Waals surface area contributed by atoms with Crippen LogP contribution in [-0.4, -0.2) is 59.5 Å². The molecule has 0 aliphatic carbocycles. The molecule has 0 spiro atoms. The highest BCUT2D eigenvalue weighted by molar-refractivity contribution is 6.39. The van der Waals surface area contributed by atoms with Gasteiger partial charge >= 0.3 is 6.03 Å². The minimum Gasteiger partial charge on any atom is -0.378 e. The van der Waals surface area contributed by atoms with E-state index in [0.29, 0.717) is 37.6 Å². The molecule has 1 N–H and O–H groups in total. The van der Waals surface area contributed by atoms with Gasteiger partial charge in [-0.15, -0.1) is 0 Å². The number of urea groups is 1. The van der Waals surface area contributed by atoms with Gasteiger partial charge in [0.2, 0.25) is 5.91 Å². The molecule has 0 bridgehead atoms. The molecule has 2 aliphatic rings. The average Bonchev–Trinajstić information content (AvgIpc) is 3.20. The molecule has 3 heterocycles. The lowest BCUT2D eigenvalue weighted by atomic mass is 10.1. The van der Waals surface area contributed by atoms with Gasteiger partial charge in [-0.2, -0.15) is 0 Å². The van der Waals surface area contributed by atoms with Crippen molar-refractivity contribution in [3.8, 4) is 0 Å². The van der Waals surface area contributed by atoms with E-state index in [1.165, 1.54) is 6.08 Å². The summed E-state index contributed by atoms with van der Waals surface area (Å²) < 4.78 is 7.14. The number of ether oxygens (including phenoxy) is 1. The normalized spacial score (nSPS) is 17.9. The molecular weight excluding hydrogens is 448 g/mol. The van der Waals surface area contributed by atoms with Crippen LogP contribution in [-0.2, 0) is 25.7 Å². The molecule has 178 valence electrons. The van der Waals surface area contributed by atoms with Gasteiger partial charge in [-0.05, 0) is 30.7 Å². The number of nitrogens with zero attached hydrogens (tertiary/aromatic N) is 3. The minimum atomic E-state index is -0.787. The summed E-state index contributed by atoms with van der Waals surface area (Å²) in [6.45, 7) is 4.04. The van der Waals surface area contributed by atoms with Gasteiger partial charge in [0, 0.05) is 35.8 Å². The van der Waals surface area contributed by atoms with Crippen molar-refractivity contribution in [3.05, 3.63) is 71.4 Å². The van der Waals surface area contributed by atoms with Gasteiger partial charge in [0.1, 0.15) is 12.1 Å². The predicted molar refractivity (Wildman–Crippen MR) is 130 cm³/mol. The van der Waals surface area contributed by atoms with E-state index >= 15 is 0 Å². The fourth-order valence-electron chi connectivity index (χ4n) is 4.43. The summed E-state index contributed by atoms with van der Waals surface area (Å²) in [7, 11) is 0. The third-order valence-electron chi connectivity index (χ3n) is 6.25. The summed E-state index contributed by atoms with van der Waals surface area (Å²) >= 11 is 0. The highest BCUT2D eigenvalue weighted by Crippen LogP contribution is 2.28. The summed E-state index contributed by atoms with van der Waals surface area (Å²) in [6, 6.07) is 13.7. The maximum atomic E-state index is 13.3. The molecule has 2 saturated heterocycles. The molecule has 5 amide bonds. The topological polar surface area (TPSA) is 101 Å². The van der Waals surface area contributed by atoms with Crippen molar-refractivity contribution >= 4 is 46.4 Å². The molecule has 0 atom stereocenters. The van der Waals surface area contributed by atoms with Crippen LogP contribution in [0, 0.1) is 6.92 Å². The Balaban J connectivity index is 1.52. The van der Waals surface area contributed by atoms with Crippen molar-refractivity contribution in [2.75, 3.05) is 31.2 Å². The third-order valence-corrected chi connectivity index (χ3v) is 6.25. The number of nitrogens with one attached hydrogen (secondary N) is 1. The second-order valence-corrected chi connectivity index (χ2v) is 8.47. The van der Waals surface area contributed by atoms with Gasteiger partial charge in [-0.1, -0.05) is 36.4 Å². The number of imide groups is 2. The number of amides is 5. The molecule has 2 fully saturated rings. The van der Waals surface area contributed by atoms with Crippen LogP contribution < -0.4 is 10.2 Å². The first-order valence-electron chi connectivity index (χ1n) is 11.3. The first kappa shape index (κ1) is 22.5. The second kappa shape index (κ2) is 9.19. The number of fused-ring (bicyclic) bond motifs is 1. The highest BCUT2D eigenvalue weighted by atomic mass is 16.5. The van der Waals surface area contributed by atoms with Crippen LogP contribution in [0.1, 0.15) is 11.1 Å². The van der Waals surface area contributed by atoms with E-state index in [2.05, 4.69) is 5.32 Å². The molecule has 1 aromatic heterocycles. The summed E-state index contributed by atoms with van der Waals surface area (Å²) in [4.78, 5) is 54.1. The van der Waals surface area contributed by atoms with E-state index in [1.807, 2.05) is 28.8 Å². The van der Waals surface area contributed by atoms with Crippen LogP contribution >= 0.6 is 0 Å². The van der Waals surface area contributed by atoms with Crippen molar-refractivity contribution < 1.29 is 23.9 Å². The van der Waals surface area contributed by atoms with E-state index in [0.717, 1.165) is 21.4 Å². The Bertz CT molecular complexity index is 1380. The van der Waals surface area contributed by atoms with Gasteiger partial charge in [0.15, 0.2) is 0 Å². The Kier molecular flexibility index (Phi) is 5.92. The Morgan fingerprint density at radius 2 is 1.74 bits per heavy atom. The smallest absolute Gasteiger partial charge is 0.335 e. The number of hydrogen-bond donors (Lipinski definition) is 1. The van der Waals surface area contributed by atoms with Crippen LogP contribution in [0.2, 0.25) is 0 Å². The predicted octanol–water partition coefficient (Wildman–Crippen LogP) is 2.47. The largest absolute Gasteiger partial charge is 0.378 e. The fourth-order valence-corrected chi connectivity index (χ4v) is 4.43. The van der Waals surface area contributed by atoms with Gasteiger partial charge in [0.05, 0.1) is 18.9 Å². The van der Waals surface area contributed by atoms with Crippen molar-refractivity contribution in [2.24, 2.45) is 0 Å². The number of morpholine rings is 1. The number of para-hydroxylation sites is 2. The molecule has 3 aromatic rings. The minimum absolute atomic E-state index is 0.0314. The van der Waals surface area contributed by atoms with Crippen molar-refractivity contribution in [3.63, 3.8) is 0 Å². The standard InChI is InChI=1S/C26H24N4O5/c1-17-6-2-4-8-21(17)30-25(33)20(24(32)27-26(30)34)14-18-15-29(22-9-5-3-7-19(18)22)16-23(31)28-10-12-35-13-11-28/h2-9,14-15H,10-13,16H2,1H3,(H,27,32,34)/b20-14-. The lowest BCUT2D eigenvalue weighted by Gasteiger charge is -2.27. The quantitative estimate of drug-likeness (QED) is 0.465. The Labute approximate surface area is 201 Å². The summed E-state index contributed by atoms with van der Waals surface area (Å²) in [5.74, 6) is -1.49. The Morgan fingerprint density at radius 3 is 2.51 bits per heavy atom. The number of carbonyl (C=O) groups excluding carboxylic acids is 4. The van der Waals surface area contributed by atoms with Gasteiger partial charge in [0.25, 0.3) is 11.8 Å². The zero-order valence-corrected chi connectivity index (χ0v) is 19.2. The summed E-state index contributed by atoms with van der Waals surface area (Å²) in [5, 5.41) is 3.05. The van der Waals surface area contributed by atoms with Crippen LogP contribution in [0.4, 0.5) is 10.5 Å². The summed E-state index contributed by atoms with van der Waals surface area (Å²) in [5.41, 5.74) is 2.38. The molecule has 0 unspecified atom stereocenters. The first-order chi connectivity index (χ1) is 16.9. The maximum absolute atomic E-state index is 13.3. The molecule has 0 saturated carbocycles. The highest BCUT2D eigenvalue weighted by Gasteiger charge is 2.37.